The zero-order valence-corrected chi connectivity index (χ0v) is 17.3. The van der Waals surface area contributed by atoms with E-state index in [0.717, 1.165) is 31.9 Å². The first kappa shape index (κ1) is 24.2. The molecule has 0 radical (unpaired) electrons. The number of halogens is 1. The van der Waals surface area contributed by atoms with Crippen molar-refractivity contribution in [3.63, 3.8) is 0 Å². The number of alkyl halides is 1. The Bertz CT molecular complexity index is 210. The van der Waals surface area contributed by atoms with Gasteiger partial charge < -0.3 is 9.47 Å². The number of hydrogen-bond donors (Lipinski definition) is 0. The second kappa shape index (κ2) is 21.3. The number of hydrogen-bond acceptors (Lipinski definition) is 2. The van der Waals surface area contributed by atoms with Gasteiger partial charge in [-0.1, -0.05) is 78.1 Å². The summed E-state index contributed by atoms with van der Waals surface area (Å²) >= 11 is 5.71. The molecule has 2 nitrogen and oxygen atoms in total. The van der Waals surface area contributed by atoms with Gasteiger partial charge in [0.15, 0.2) is 6.29 Å². The van der Waals surface area contributed by atoms with Crippen molar-refractivity contribution in [2.24, 2.45) is 0 Å². The third-order valence-corrected chi connectivity index (χ3v) is 4.69. The Morgan fingerprint density at radius 2 is 1.04 bits per heavy atom. The number of ether oxygens (including phenoxy) is 2. The minimum absolute atomic E-state index is 0.0242. The quantitative estimate of drug-likeness (QED) is 0.127. The molecule has 24 heavy (non-hydrogen) atoms. The number of rotatable bonds is 20. The maximum atomic E-state index is 6.00. The van der Waals surface area contributed by atoms with Gasteiger partial charge in [0, 0.05) is 19.1 Å². The van der Waals surface area contributed by atoms with Crippen LogP contribution in [0.25, 0.3) is 0 Å². The van der Waals surface area contributed by atoms with Crippen LogP contribution in [0.3, 0.4) is 0 Å². The fourth-order valence-electron chi connectivity index (χ4n) is 2.81. The second-order valence-electron chi connectivity index (χ2n) is 6.89. The van der Waals surface area contributed by atoms with E-state index in [4.69, 9.17) is 21.1 Å². The molecule has 0 spiro atoms. The van der Waals surface area contributed by atoms with E-state index in [0.29, 0.717) is 0 Å². The summed E-state index contributed by atoms with van der Waals surface area (Å²) in [6.45, 7) is 6.21. The van der Waals surface area contributed by atoms with Crippen LogP contribution in [0.1, 0.15) is 110 Å². The Balaban J connectivity index is 3.72. The maximum absolute atomic E-state index is 6.00. The second-order valence-corrected chi connectivity index (χ2v) is 7.27. The Morgan fingerprint density at radius 1 is 0.583 bits per heavy atom. The predicted molar refractivity (Wildman–Crippen MR) is 107 cm³/mol. The molecule has 0 rings (SSSR count). The van der Waals surface area contributed by atoms with Gasteiger partial charge in [0.1, 0.15) is 0 Å². The van der Waals surface area contributed by atoms with E-state index in [-0.39, 0.29) is 6.29 Å². The van der Waals surface area contributed by atoms with E-state index in [1.807, 2.05) is 0 Å². The standard InChI is InChI=1S/C21H43ClO2/c1-3-5-7-15-19-23-21(24-20-16-8-6-4-2)17-13-11-9-10-12-14-18-22/h21H,3-20H2,1-2H3. The van der Waals surface area contributed by atoms with E-state index in [1.165, 1.54) is 83.5 Å². The van der Waals surface area contributed by atoms with Crippen LogP contribution in [0.4, 0.5) is 0 Å². The summed E-state index contributed by atoms with van der Waals surface area (Å²) in [5.41, 5.74) is 0. The lowest BCUT2D eigenvalue weighted by atomic mass is 10.1. The SMILES string of the molecule is CCCCCCOC(CCCCCCCCCl)OCCCCCC. The van der Waals surface area contributed by atoms with Crippen molar-refractivity contribution in [2.75, 3.05) is 19.1 Å². The lowest BCUT2D eigenvalue weighted by molar-refractivity contribution is -0.148. The molecule has 0 aromatic rings. The highest BCUT2D eigenvalue weighted by molar-refractivity contribution is 6.17. The molecule has 0 aliphatic heterocycles. The van der Waals surface area contributed by atoms with Crippen LogP contribution in [0.2, 0.25) is 0 Å². The van der Waals surface area contributed by atoms with Crippen LogP contribution >= 0.6 is 11.6 Å². The fraction of sp³-hybridized carbons (Fsp3) is 1.00. The van der Waals surface area contributed by atoms with Crippen molar-refractivity contribution < 1.29 is 9.47 Å². The van der Waals surface area contributed by atoms with Gasteiger partial charge in [-0.15, -0.1) is 11.6 Å². The molecule has 0 amide bonds. The topological polar surface area (TPSA) is 18.5 Å². The number of unbranched alkanes of at least 4 members (excludes halogenated alkanes) is 11. The van der Waals surface area contributed by atoms with E-state index >= 15 is 0 Å². The molecule has 0 fully saturated rings. The highest BCUT2D eigenvalue weighted by Gasteiger charge is 2.09. The van der Waals surface area contributed by atoms with Crippen LogP contribution < -0.4 is 0 Å². The average molecular weight is 363 g/mol. The molecule has 146 valence electrons. The van der Waals surface area contributed by atoms with Crippen LogP contribution in [-0.4, -0.2) is 25.4 Å². The first-order valence-corrected chi connectivity index (χ1v) is 11.2. The monoisotopic (exact) mass is 362 g/mol. The van der Waals surface area contributed by atoms with Crippen molar-refractivity contribution in [3.05, 3.63) is 0 Å². The minimum atomic E-state index is 0.0242. The van der Waals surface area contributed by atoms with Gasteiger partial charge in [0.25, 0.3) is 0 Å². The van der Waals surface area contributed by atoms with E-state index in [1.54, 1.807) is 0 Å². The molecular formula is C21H43ClO2. The van der Waals surface area contributed by atoms with Gasteiger partial charge in [-0.3, -0.25) is 0 Å². The van der Waals surface area contributed by atoms with Crippen LogP contribution in [0.5, 0.6) is 0 Å². The fourth-order valence-corrected chi connectivity index (χ4v) is 3.00. The van der Waals surface area contributed by atoms with Crippen molar-refractivity contribution in [2.45, 2.75) is 116 Å². The normalized spacial score (nSPS) is 11.5. The van der Waals surface area contributed by atoms with Crippen molar-refractivity contribution in [1.29, 1.82) is 0 Å². The lowest BCUT2D eigenvalue weighted by Gasteiger charge is -2.19. The van der Waals surface area contributed by atoms with E-state index in [9.17, 15) is 0 Å². The molecule has 0 saturated heterocycles. The Morgan fingerprint density at radius 3 is 1.54 bits per heavy atom. The van der Waals surface area contributed by atoms with E-state index in [2.05, 4.69) is 13.8 Å². The summed E-state index contributed by atoms with van der Waals surface area (Å²) in [5, 5.41) is 0. The Kier molecular flexibility index (Phi) is 21.4. The Labute approximate surface area is 157 Å². The molecule has 0 unspecified atom stereocenters. The van der Waals surface area contributed by atoms with Gasteiger partial charge in [-0.2, -0.15) is 0 Å². The van der Waals surface area contributed by atoms with Gasteiger partial charge in [0.2, 0.25) is 0 Å². The molecule has 3 heteroatoms. The zero-order chi connectivity index (χ0) is 17.7. The van der Waals surface area contributed by atoms with Crippen molar-refractivity contribution in [1.82, 2.24) is 0 Å². The molecule has 0 aromatic carbocycles. The van der Waals surface area contributed by atoms with Crippen molar-refractivity contribution in [3.8, 4) is 0 Å². The highest BCUT2D eigenvalue weighted by atomic mass is 35.5. The molecule has 0 bridgehead atoms. The molecule has 0 heterocycles. The predicted octanol–water partition coefficient (Wildman–Crippen LogP) is 7.48. The first-order chi connectivity index (χ1) is 11.8. The summed E-state index contributed by atoms with van der Waals surface area (Å²) < 4.78 is 12.0. The summed E-state index contributed by atoms with van der Waals surface area (Å²) in [6, 6.07) is 0. The lowest BCUT2D eigenvalue weighted by Crippen LogP contribution is -2.19. The summed E-state index contributed by atoms with van der Waals surface area (Å²) in [6.07, 6.45) is 18.7. The van der Waals surface area contributed by atoms with E-state index < -0.39 is 0 Å². The Hall–Kier alpha value is 0.210. The maximum Gasteiger partial charge on any atom is 0.157 e. The zero-order valence-electron chi connectivity index (χ0n) is 16.5. The summed E-state index contributed by atoms with van der Waals surface area (Å²) in [7, 11) is 0. The van der Waals surface area contributed by atoms with Gasteiger partial charge in [-0.05, 0) is 32.1 Å². The summed E-state index contributed by atoms with van der Waals surface area (Å²) in [4.78, 5) is 0. The largest absolute Gasteiger partial charge is 0.353 e. The van der Waals surface area contributed by atoms with Gasteiger partial charge >= 0.3 is 0 Å². The van der Waals surface area contributed by atoms with Gasteiger partial charge in [-0.25, -0.2) is 0 Å². The smallest absolute Gasteiger partial charge is 0.157 e. The van der Waals surface area contributed by atoms with Crippen molar-refractivity contribution >= 4 is 11.6 Å². The summed E-state index contributed by atoms with van der Waals surface area (Å²) in [5.74, 6) is 0.805. The van der Waals surface area contributed by atoms with Gasteiger partial charge in [0.05, 0.1) is 0 Å². The van der Waals surface area contributed by atoms with Crippen LogP contribution in [0.15, 0.2) is 0 Å². The van der Waals surface area contributed by atoms with Crippen LogP contribution in [0, 0.1) is 0 Å². The third kappa shape index (κ3) is 18.5. The molecule has 0 aliphatic rings. The first-order valence-electron chi connectivity index (χ1n) is 10.6. The average Bonchev–Trinajstić information content (AvgIpc) is 2.59. The third-order valence-electron chi connectivity index (χ3n) is 4.43. The van der Waals surface area contributed by atoms with Crippen LogP contribution in [-0.2, 0) is 9.47 Å². The molecule has 0 aliphatic carbocycles. The molecule has 0 N–H and O–H groups in total. The molecule has 0 saturated carbocycles. The molecule has 0 atom stereocenters. The highest BCUT2D eigenvalue weighted by Crippen LogP contribution is 2.13. The molecular weight excluding hydrogens is 320 g/mol. The minimum Gasteiger partial charge on any atom is -0.353 e. The molecule has 0 aromatic heterocycles.